The molecular weight excluding hydrogens is 448 g/mol. The number of ketones is 1. The molecule has 186 valence electrons. The molecule has 1 saturated heterocycles. The molecule has 0 unspecified atom stereocenters. The first-order chi connectivity index (χ1) is 17.4. The molecule has 0 aliphatic carbocycles. The quantitative estimate of drug-likeness (QED) is 0.453. The number of Topliss-reactive ketones (excluding diaryl/α,β-unsaturated/α-hetero) is 1. The van der Waals surface area contributed by atoms with Gasteiger partial charge in [0.05, 0.1) is 11.1 Å². The Balaban J connectivity index is 1.31. The molecule has 0 spiro atoms. The third-order valence-corrected chi connectivity index (χ3v) is 7.22. The van der Waals surface area contributed by atoms with Gasteiger partial charge in [-0.15, -0.1) is 0 Å². The molecule has 0 amide bonds. The zero-order chi connectivity index (χ0) is 25.2. The van der Waals surface area contributed by atoms with Crippen molar-refractivity contribution in [3.05, 3.63) is 99.8 Å². The fourth-order valence-electron chi connectivity index (χ4n) is 5.03. The van der Waals surface area contributed by atoms with Crippen molar-refractivity contribution in [3.63, 3.8) is 0 Å². The minimum atomic E-state index is -0.121. The van der Waals surface area contributed by atoms with Gasteiger partial charge in [-0.2, -0.15) is 0 Å². The second-order valence-corrected chi connectivity index (χ2v) is 10.2. The molecule has 1 N–H and O–H groups in total. The van der Waals surface area contributed by atoms with Gasteiger partial charge in [0.15, 0.2) is 5.76 Å². The molecule has 1 fully saturated rings. The van der Waals surface area contributed by atoms with E-state index in [1.54, 1.807) is 12.1 Å². The summed E-state index contributed by atoms with van der Waals surface area (Å²) in [7, 11) is 0. The Kier molecular flexibility index (Phi) is 6.95. The van der Waals surface area contributed by atoms with Crippen LogP contribution in [0.15, 0.2) is 66.4 Å². The zero-order valence-electron chi connectivity index (χ0n) is 21.3. The maximum Gasteiger partial charge on any atom is 0.232 e. The number of aromatic hydroxyl groups is 1. The van der Waals surface area contributed by atoms with Gasteiger partial charge in [-0.1, -0.05) is 68.4 Å². The number of hydrogen-bond donors (Lipinski definition) is 1. The summed E-state index contributed by atoms with van der Waals surface area (Å²) >= 11 is 0. The van der Waals surface area contributed by atoms with Crippen LogP contribution < -0.4 is 4.74 Å². The number of carbonyl (C=O) groups is 1. The van der Waals surface area contributed by atoms with Crippen LogP contribution in [0.4, 0.5) is 0 Å². The van der Waals surface area contributed by atoms with Crippen molar-refractivity contribution in [1.29, 1.82) is 0 Å². The lowest BCUT2D eigenvalue weighted by Gasteiger charge is -2.35. The largest absolute Gasteiger partial charge is 0.507 e. The van der Waals surface area contributed by atoms with Crippen LogP contribution in [0.2, 0.25) is 0 Å². The summed E-state index contributed by atoms with van der Waals surface area (Å²) in [6, 6.07) is 20.4. The van der Waals surface area contributed by atoms with Crippen LogP contribution >= 0.6 is 0 Å². The molecule has 5 heteroatoms. The number of benzene rings is 3. The van der Waals surface area contributed by atoms with E-state index in [-0.39, 0.29) is 11.5 Å². The number of rotatable bonds is 6. The van der Waals surface area contributed by atoms with Gasteiger partial charge in [-0.05, 0) is 47.2 Å². The molecule has 2 aliphatic heterocycles. The van der Waals surface area contributed by atoms with E-state index in [9.17, 15) is 9.90 Å². The first kappa shape index (κ1) is 24.3. The van der Waals surface area contributed by atoms with Gasteiger partial charge in [0, 0.05) is 39.3 Å². The van der Waals surface area contributed by atoms with Gasteiger partial charge in [-0.3, -0.25) is 14.6 Å². The van der Waals surface area contributed by atoms with Crippen LogP contribution in [0.1, 0.15) is 57.9 Å². The van der Waals surface area contributed by atoms with Crippen molar-refractivity contribution in [3.8, 4) is 11.5 Å². The summed E-state index contributed by atoms with van der Waals surface area (Å²) in [6.07, 6.45) is 1.80. The fourth-order valence-corrected chi connectivity index (χ4v) is 5.03. The van der Waals surface area contributed by atoms with Gasteiger partial charge in [0.2, 0.25) is 5.78 Å². The van der Waals surface area contributed by atoms with E-state index in [2.05, 4.69) is 60.0 Å². The molecule has 2 aliphatic rings. The molecule has 3 aromatic rings. The first-order valence-corrected chi connectivity index (χ1v) is 12.8. The lowest BCUT2D eigenvalue weighted by Crippen LogP contribution is -2.45. The molecule has 0 aromatic heterocycles. The highest BCUT2D eigenvalue weighted by Gasteiger charge is 2.34. The summed E-state index contributed by atoms with van der Waals surface area (Å²) in [5.41, 5.74) is 5.50. The fraction of sp³-hybridized carbons (Fsp3) is 0.323. The van der Waals surface area contributed by atoms with Crippen molar-refractivity contribution in [2.24, 2.45) is 0 Å². The average molecular weight is 483 g/mol. The monoisotopic (exact) mass is 482 g/mol. The maximum atomic E-state index is 13.3. The molecule has 0 bridgehead atoms. The van der Waals surface area contributed by atoms with Gasteiger partial charge < -0.3 is 9.84 Å². The maximum absolute atomic E-state index is 13.3. The number of nitrogens with zero attached hydrogens (tertiary/aromatic N) is 2. The van der Waals surface area contributed by atoms with Crippen molar-refractivity contribution in [2.75, 3.05) is 26.2 Å². The highest BCUT2D eigenvalue weighted by atomic mass is 16.5. The first-order valence-electron chi connectivity index (χ1n) is 12.8. The van der Waals surface area contributed by atoms with E-state index >= 15 is 0 Å². The Morgan fingerprint density at radius 1 is 0.944 bits per heavy atom. The van der Waals surface area contributed by atoms with Crippen LogP contribution in [0, 0.1) is 6.92 Å². The summed E-state index contributed by atoms with van der Waals surface area (Å²) in [4.78, 5) is 18.1. The van der Waals surface area contributed by atoms with Crippen molar-refractivity contribution in [1.82, 2.24) is 9.80 Å². The molecule has 0 radical (unpaired) electrons. The van der Waals surface area contributed by atoms with E-state index in [4.69, 9.17) is 4.74 Å². The van der Waals surface area contributed by atoms with E-state index < -0.39 is 0 Å². The Hall–Kier alpha value is -3.41. The topological polar surface area (TPSA) is 53.0 Å². The van der Waals surface area contributed by atoms with Crippen molar-refractivity contribution >= 4 is 11.9 Å². The van der Waals surface area contributed by atoms with E-state index in [1.165, 1.54) is 11.1 Å². The third-order valence-electron chi connectivity index (χ3n) is 7.22. The number of carbonyl (C=O) groups excluding carboxylic acids is 1. The Morgan fingerprint density at radius 2 is 1.58 bits per heavy atom. The molecule has 2 heterocycles. The Labute approximate surface area is 213 Å². The standard InChI is InChI=1S/C31H34N2O3/c1-21(2)25-11-9-23(10-12-25)18-28-30(35)29-22(3)17-27(34)26(31(29)36-28)20-33-15-13-32(14-16-33)19-24-7-5-4-6-8-24/h4-12,17-18,21,34H,13-16,19-20H2,1-3H3/b28-18-. The molecule has 0 saturated carbocycles. The number of piperazine rings is 1. The minimum absolute atomic E-state index is 0.121. The number of phenolic OH excluding ortho intramolecular Hbond substituents is 1. The normalized spacial score (nSPS) is 17.6. The number of ether oxygens (including phenoxy) is 1. The smallest absolute Gasteiger partial charge is 0.232 e. The van der Waals surface area contributed by atoms with Crippen LogP contribution in [-0.2, 0) is 13.1 Å². The molecule has 5 rings (SSSR count). The molecule has 3 aromatic carbocycles. The van der Waals surface area contributed by atoms with Gasteiger partial charge in [0.1, 0.15) is 11.5 Å². The van der Waals surface area contributed by atoms with Gasteiger partial charge >= 0.3 is 0 Å². The van der Waals surface area contributed by atoms with Crippen LogP contribution in [0.25, 0.3) is 6.08 Å². The molecular formula is C31H34N2O3. The number of fused-ring (bicyclic) bond motifs is 1. The molecule has 5 nitrogen and oxygen atoms in total. The summed E-state index contributed by atoms with van der Waals surface area (Å²) in [5, 5.41) is 10.8. The predicted molar refractivity (Wildman–Crippen MR) is 143 cm³/mol. The number of allylic oxidation sites excluding steroid dienone is 1. The Bertz CT molecular complexity index is 1270. The second kappa shape index (κ2) is 10.3. The van der Waals surface area contributed by atoms with Crippen LogP contribution in [0.3, 0.4) is 0 Å². The molecule has 36 heavy (non-hydrogen) atoms. The molecule has 0 atom stereocenters. The third kappa shape index (κ3) is 5.08. The van der Waals surface area contributed by atoms with E-state index in [0.717, 1.165) is 43.9 Å². The Morgan fingerprint density at radius 3 is 2.22 bits per heavy atom. The van der Waals surface area contributed by atoms with Crippen molar-refractivity contribution < 1.29 is 14.6 Å². The van der Waals surface area contributed by atoms with Crippen LogP contribution in [-0.4, -0.2) is 46.9 Å². The van der Waals surface area contributed by atoms with Gasteiger partial charge in [-0.25, -0.2) is 0 Å². The summed E-state index contributed by atoms with van der Waals surface area (Å²) in [5.74, 6) is 1.34. The van der Waals surface area contributed by atoms with Crippen LogP contribution in [0.5, 0.6) is 11.5 Å². The van der Waals surface area contributed by atoms with Crippen molar-refractivity contribution in [2.45, 2.75) is 39.8 Å². The number of phenols is 1. The van der Waals surface area contributed by atoms with E-state index in [1.807, 2.05) is 25.1 Å². The lowest BCUT2D eigenvalue weighted by molar-refractivity contribution is 0.101. The zero-order valence-corrected chi connectivity index (χ0v) is 21.3. The lowest BCUT2D eigenvalue weighted by atomic mass is 9.98. The summed E-state index contributed by atoms with van der Waals surface area (Å²) < 4.78 is 6.15. The number of aryl methyl sites for hydroxylation is 1. The highest BCUT2D eigenvalue weighted by Crippen LogP contribution is 2.42. The average Bonchev–Trinajstić information content (AvgIpc) is 3.20. The SMILES string of the molecule is Cc1cc(O)c(CN2CCN(Cc3ccccc3)CC2)c2c1C(=O)/C(=C/c1ccc(C(C)C)cc1)O2. The predicted octanol–water partition coefficient (Wildman–Crippen LogP) is 5.76. The second-order valence-electron chi connectivity index (χ2n) is 10.2. The van der Waals surface area contributed by atoms with Gasteiger partial charge in [0.25, 0.3) is 0 Å². The summed E-state index contributed by atoms with van der Waals surface area (Å²) in [6.45, 7) is 11.4. The highest BCUT2D eigenvalue weighted by molar-refractivity contribution is 6.15. The van der Waals surface area contributed by atoms with E-state index in [0.29, 0.717) is 35.1 Å². The number of hydrogen-bond acceptors (Lipinski definition) is 5. The minimum Gasteiger partial charge on any atom is -0.507 e.